The Balaban J connectivity index is 2.68. The number of benzene rings is 1. The topological polar surface area (TPSA) is 87.0 Å². The Morgan fingerprint density at radius 3 is 2.47 bits per heavy atom. The van der Waals surface area contributed by atoms with E-state index in [1.54, 1.807) is 6.92 Å². The van der Waals surface area contributed by atoms with Crippen LogP contribution in [-0.2, 0) is 14.9 Å². The van der Waals surface area contributed by atoms with Crippen LogP contribution in [0.1, 0.15) is 13.3 Å². The molecule has 0 bridgehead atoms. The van der Waals surface area contributed by atoms with Gasteiger partial charge in [-0.15, -0.1) is 0 Å². The third kappa shape index (κ3) is 2.59. The van der Waals surface area contributed by atoms with Gasteiger partial charge in [0.2, 0.25) is 0 Å². The van der Waals surface area contributed by atoms with Crippen molar-refractivity contribution in [3.63, 3.8) is 0 Å². The molecule has 0 aromatic heterocycles. The first kappa shape index (κ1) is 14.3. The fraction of sp³-hybridized carbons (Fsp3) is 0.200. The van der Waals surface area contributed by atoms with Gasteiger partial charge in [0.05, 0.1) is 16.5 Å². The highest BCUT2D eigenvalue weighted by molar-refractivity contribution is 7.86. The average Bonchev–Trinajstić information content (AvgIpc) is 2.56. The number of hydrogen-bond donors (Lipinski definition) is 1. The third-order valence-electron chi connectivity index (χ3n) is 2.44. The number of amides is 1. The zero-order chi connectivity index (χ0) is 14.4. The molecular weight excluding hydrogens is 315 g/mol. The van der Waals surface area contributed by atoms with E-state index in [9.17, 15) is 13.2 Å². The fourth-order valence-electron chi connectivity index (χ4n) is 1.65. The van der Waals surface area contributed by atoms with Crippen molar-refractivity contribution in [1.82, 2.24) is 0 Å². The van der Waals surface area contributed by atoms with Gasteiger partial charge in [0.1, 0.15) is 10.6 Å². The molecule has 1 N–H and O–H groups in total. The highest BCUT2D eigenvalue weighted by Gasteiger charge is 2.29. The number of carbonyl (C=O) groups is 1. The number of carbonyl (C=O) groups excluding carboxylic acids is 1. The summed E-state index contributed by atoms with van der Waals surface area (Å²) in [5, 5.41) is 4.59. The monoisotopic (exact) mass is 322 g/mol. The van der Waals surface area contributed by atoms with E-state index in [1.807, 2.05) is 0 Å². The Hall–Kier alpha value is -1.15. The Bertz CT molecular complexity index is 700. The summed E-state index contributed by atoms with van der Waals surface area (Å²) in [7, 11) is -4.51. The third-order valence-corrected chi connectivity index (χ3v) is 4.13. The maximum Gasteiger partial charge on any atom is 0.296 e. The number of hydrazone groups is 1. The van der Waals surface area contributed by atoms with Crippen LogP contribution in [0.25, 0.3) is 0 Å². The number of rotatable bonds is 2. The maximum absolute atomic E-state index is 11.7. The van der Waals surface area contributed by atoms with Crippen molar-refractivity contribution in [1.29, 1.82) is 0 Å². The minimum Gasteiger partial charge on any atom is -0.282 e. The zero-order valence-corrected chi connectivity index (χ0v) is 11.9. The molecule has 0 radical (unpaired) electrons. The van der Waals surface area contributed by atoms with Crippen LogP contribution in [0.2, 0.25) is 10.0 Å². The molecule has 9 heteroatoms. The van der Waals surface area contributed by atoms with Crippen LogP contribution >= 0.6 is 23.2 Å². The second kappa shape index (κ2) is 4.75. The average molecular weight is 323 g/mol. The normalized spacial score (nSPS) is 15.9. The smallest absolute Gasteiger partial charge is 0.282 e. The summed E-state index contributed by atoms with van der Waals surface area (Å²) in [5.74, 6) is -0.381. The highest BCUT2D eigenvalue weighted by atomic mass is 35.5. The number of hydrogen-bond acceptors (Lipinski definition) is 4. The first-order chi connectivity index (χ1) is 8.71. The van der Waals surface area contributed by atoms with Gasteiger partial charge in [-0.2, -0.15) is 18.5 Å². The Kier molecular flexibility index (Phi) is 3.57. The molecule has 2 rings (SSSR count). The molecule has 1 aliphatic heterocycles. The Morgan fingerprint density at radius 1 is 1.37 bits per heavy atom. The van der Waals surface area contributed by atoms with Gasteiger partial charge in [-0.05, 0) is 19.1 Å². The van der Waals surface area contributed by atoms with Gasteiger partial charge in [0.15, 0.2) is 0 Å². The molecule has 102 valence electrons. The van der Waals surface area contributed by atoms with E-state index in [2.05, 4.69) is 5.10 Å². The summed E-state index contributed by atoms with van der Waals surface area (Å²) >= 11 is 11.8. The van der Waals surface area contributed by atoms with Crippen LogP contribution < -0.4 is 5.01 Å². The molecule has 1 heterocycles. The van der Waals surface area contributed by atoms with Crippen LogP contribution in [0.15, 0.2) is 22.1 Å². The number of anilines is 1. The quantitative estimate of drug-likeness (QED) is 0.846. The lowest BCUT2D eigenvalue weighted by atomic mass is 10.3. The lowest BCUT2D eigenvalue weighted by Gasteiger charge is -2.16. The van der Waals surface area contributed by atoms with E-state index in [0.29, 0.717) is 5.71 Å². The largest absolute Gasteiger partial charge is 0.296 e. The van der Waals surface area contributed by atoms with E-state index in [1.165, 1.54) is 6.07 Å². The van der Waals surface area contributed by atoms with E-state index >= 15 is 0 Å². The van der Waals surface area contributed by atoms with Crippen molar-refractivity contribution in [2.45, 2.75) is 18.2 Å². The minimum atomic E-state index is -4.51. The van der Waals surface area contributed by atoms with Gasteiger partial charge in [-0.25, -0.2) is 0 Å². The molecule has 0 saturated carbocycles. The molecule has 0 saturated heterocycles. The summed E-state index contributed by atoms with van der Waals surface area (Å²) in [6, 6.07) is 2.28. The molecule has 1 aromatic rings. The molecule has 1 aliphatic rings. The van der Waals surface area contributed by atoms with Gasteiger partial charge >= 0.3 is 0 Å². The molecule has 0 fully saturated rings. The standard InChI is InChI=1S/C10H8Cl2N2O4S/c1-5-4-8(15)14(13-5)10-6(11)2-3-7(9(10)12)19(16,17)18/h2-3H,4H2,1H3,(H,16,17,18). The van der Waals surface area contributed by atoms with Crippen molar-refractivity contribution >= 4 is 50.6 Å². The van der Waals surface area contributed by atoms with Crippen molar-refractivity contribution < 1.29 is 17.8 Å². The predicted molar refractivity (Wildman–Crippen MR) is 71.5 cm³/mol. The maximum atomic E-state index is 11.7. The SMILES string of the molecule is CC1=NN(c2c(Cl)ccc(S(=O)(=O)O)c2Cl)C(=O)C1. The first-order valence-corrected chi connectivity index (χ1v) is 7.24. The van der Waals surface area contributed by atoms with Crippen molar-refractivity contribution in [3.8, 4) is 0 Å². The van der Waals surface area contributed by atoms with Crippen LogP contribution in [0.5, 0.6) is 0 Å². The molecule has 1 aromatic carbocycles. The summed E-state index contributed by atoms with van der Waals surface area (Å²) in [6.45, 7) is 1.65. The second-order valence-corrected chi connectivity index (χ2v) is 6.08. The zero-order valence-electron chi connectivity index (χ0n) is 9.59. The lowest BCUT2D eigenvalue weighted by Crippen LogP contribution is -2.21. The van der Waals surface area contributed by atoms with E-state index in [-0.39, 0.29) is 28.1 Å². The van der Waals surface area contributed by atoms with Gasteiger partial charge in [0, 0.05) is 5.71 Å². The summed E-state index contributed by atoms with van der Waals surface area (Å²) in [4.78, 5) is 11.2. The van der Waals surface area contributed by atoms with Gasteiger partial charge in [0.25, 0.3) is 16.0 Å². The summed E-state index contributed by atoms with van der Waals surface area (Å²) in [5.41, 5.74) is 0.495. The molecule has 6 nitrogen and oxygen atoms in total. The first-order valence-electron chi connectivity index (χ1n) is 5.04. The molecule has 19 heavy (non-hydrogen) atoms. The number of nitrogens with zero attached hydrogens (tertiary/aromatic N) is 2. The van der Waals surface area contributed by atoms with Crippen LogP contribution in [0.4, 0.5) is 5.69 Å². The van der Waals surface area contributed by atoms with E-state index < -0.39 is 15.0 Å². The molecule has 0 unspecified atom stereocenters. The lowest BCUT2D eigenvalue weighted by molar-refractivity contribution is -0.116. The Labute approximate surface area is 119 Å². The van der Waals surface area contributed by atoms with Crippen LogP contribution in [0, 0.1) is 0 Å². The summed E-state index contributed by atoms with van der Waals surface area (Å²) < 4.78 is 31.4. The molecular formula is C10H8Cl2N2O4S. The highest BCUT2D eigenvalue weighted by Crippen LogP contribution is 2.39. The van der Waals surface area contributed by atoms with E-state index in [0.717, 1.165) is 11.1 Å². The Morgan fingerprint density at radius 2 is 2.00 bits per heavy atom. The van der Waals surface area contributed by atoms with E-state index in [4.69, 9.17) is 27.8 Å². The summed E-state index contributed by atoms with van der Waals surface area (Å²) in [6.07, 6.45) is 0.1000. The van der Waals surface area contributed by atoms with Gasteiger partial charge < -0.3 is 0 Å². The van der Waals surface area contributed by atoms with Gasteiger partial charge in [-0.3, -0.25) is 9.35 Å². The van der Waals surface area contributed by atoms with Crippen LogP contribution in [0.3, 0.4) is 0 Å². The molecule has 0 spiro atoms. The second-order valence-electron chi connectivity index (χ2n) is 3.90. The predicted octanol–water partition coefficient (Wildman–Crippen LogP) is 2.35. The van der Waals surface area contributed by atoms with Gasteiger partial charge in [-0.1, -0.05) is 23.2 Å². The minimum absolute atomic E-state index is 0.0553. The van der Waals surface area contributed by atoms with Crippen LogP contribution in [-0.4, -0.2) is 24.6 Å². The number of halogens is 2. The van der Waals surface area contributed by atoms with Crippen molar-refractivity contribution in [2.75, 3.05) is 5.01 Å². The fourth-order valence-corrected chi connectivity index (χ4v) is 3.03. The van der Waals surface area contributed by atoms with Crippen molar-refractivity contribution in [2.24, 2.45) is 5.10 Å². The molecule has 1 amide bonds. The molecule has 0 aliphatic carbocycles. The molecule has 0 atom stereocenters. The van der Waals surface area contributed by atoms with Crippen molar-refractivity contribution in [3.05, 3.63) is 22.2 Å².